The molecular formula is C49H93NO9S2. The monoisotopic (exact) mass is 904 g/mol. The molecule has 0 aromatic heterocycles. The largest absolute Gasteiger partial charge is 0.483 e. The van der Waals surface area contributed by atoms with Crippen molar-refractivity contribution in [3.8, 4) is 0 Å². The van der Waals surface area contributed by atoms with Gasteiger partial charge < -0.3 is 29.0 Å². The van der Waals surface area contributed by atoms with Crippen LogP contribution in [-0.2, 0) is 38.1 Å². The number of hydrogen-bond donors (Lipinski definition) is 1. The molecule has 1 unspecified atom stereocenters. The van der Waals surface area contributed by atoms with Gasteiger partial charge in [-0.15, -0.1) is 23.5 Å². The second kappa shape index (κ2) is 46.5. The fraction of sp³-hybridized carbons (Fsp3) is 0.918. The van der Waals surface area contributed by atoms with Crippen molar-refractivity contribution in [1.82, 2.24) is 4.90 Å². The Hall–Kier alpha value is -1.50. The summed E-state index contributed by atoms with van der Waals surface area (Å²) in [7, 11) is 0. The molecule has 1 atom stereocenters. The summed E-state index contributed by atoms with van der Waals surface area (Å²) in [5.74, 6) is 2.90. The third kappa shape index (κ3) is 41.0. The van der Waals surface area contributed by atoms with Crippen LogP contribution >= 0.6 is 23.5 Å². The van der Waals surface area contributed by atoms with Crippen molar-refractivity contribution < 1.29 is 43.2 Å². The van der Waals surface area contributed by atoms with Crippen molar-refractivity contribution in [3.05, 3.63) is 0 Å². The third-order valence-electron chi connectivity index (χ3n) is 11.7. The lowest BCUT2D eigenvalue weighted by atomic mass is 9.92. The van der Waals surface area contributed by atoms with Crippen LogP contribution in [0.5, 0.6) is 0 Å². The van der Waals surface area contributed by atoms with Gasteiger partial charge in [0, 0.05) is 12.4 Å². The molecule has 0 aromatic rings. The molecule has 1 N–H and O–H groups in total. The second-order valence-electron chi connectivity index (χ2n) is 17.1. The highest BCUT2D eigenvalue weighted by Crippen LogP contribution is 2.24. The van der Waals surface area contributed by atoms with Crippen molar-refractivity contribution in [1.29, 1.82) is 0 Å². The quantitative estimate of drug-likeness (QED) is 0.0271. The predicted octanol–water partition coefficient (Wildman–Crippen LogP) is 12.2. The predicted molar refractivity (Wildman–Crippen MR) is 257 cm³/mol. The standard InChI is InChI=1S/C48H91NO7S2.CH2O2/c1-5-9-13-22-44(23-14-10-6-2)29-36-55-46(50)40-57-39-38-53-34-20-27-43(26-19-33-49-31-17-18-32-49)28-21-35-54-47(51)41-58-42-48(52)56-37-30-45(24-15-11-7-3)25-16-12-8-4;2-1-3/h43-45H,5-42H2,1-4H3;1H,(H,2,3). The molecule has 0 amide bonds. The minimum atomic E-state index is -0.251. The molecule has 1 fully saturated rings. The first-order chi connectivity index (χ1) is 29.8. The Labute approximate surface area is 382 Å². The molecule has 1 heterocycles. The highest BCUT2D eigenvalue weighted by Gasteiger charge is 2.16. The maximum atomic E-state index is 12.4. The van der Waals surface area contributed by atoms with Crippen LogP contribution < -0.4 is 0 Å². The van der Waals surface area contributed by atoms with Gasteiger partial charge >= 0.3 is 17.9 Å². The Morgan fingerprint density at radius 3 is 1.34 bits per heavy atom. The molecule has 0 spiro atoms. The molecule has 0 radical (unpaired) electrons. The maximum Gasteiger partial charge on any atom is 0.315 e. The van der Waals surface area contributed by atoms with Crippen molar-refractivity contribution in [2.75, 3.05) is 75.7 Å². The molecule has 0 aliphatic carbocycles. The van der Waals surface area contributed by atoms with Crippen molar-refractivity contribution >= 4 is 47.9 Å². The topological polar surface area (TPSA) is 129 Å². The van der Waals surface area contributed by atoms with Crippen molar-refractivity contribution in [3.63, 3.8) is 0 Å². The molecule has 0 aromatic carbocycles. The number of thioether (sulfide) groups is 2. The van der Waals surface area contributed by atoms with Crippen molar-refractivity contribution in [2.45, 2.75) is 195 Å². The molecule has 0 bridgehead atoms. The average Bonchev–Trinajstić information content (AvgIpc) is 3.77. The van der Waals surface area contributed by atoms with Gasteiger partial charge in [-0.05, 0) is 102 Å². The van der Waals surface area contributed by atoms with Gasteiger partial charge in [-0.2, -0.15) is 0 Å². The maximum absolute atomic E-state index is 12.4. The number of esters is 3. The summed E-state index contributed by atoms with van der Waals surface area (Å²) >= 11 is 2.89. The minimum Gasteiger partial charge on any atom is -0.483 e. The fourth-order valence-electron chi connectivity index (χ4n) is 8.07. The zero-order valence-corrected chi connectivity index (χ0v) is 41.3. The van der Waals surface area contributed by atoms with E-state index in [0.717, 1.165) is 50.9 Å². The molecule has 1 aliphatic heterocycles. The Balaban J connectivity index is 0.0000116. The number of likely N-dealkylation sites (tertiary alicyclic amines) is 1. The first-order valence-electron chi connectivity index (χ1n) is 24.8. The van der Waals surface area contributed by atoms with Gasteiger partial charge in [-0.1, -0.05) is 130 Å². The lowest BCUT2D eigenvalue weighted by molar-refractivity contribution is -0.141. The summed E-state index contributed by atoms with van der Waals surface area (Å²) < 4.78 is 22.6. The van der Waals surface area contributed by atoms with Crippen LogP contribution in [0.2, 0.25) is 0 Å². The number of unbranched alkanes of at least 4 members (excludes halogenated alkanes) is 8. The summed E-state index contributed by atoms with van der Waals surface area (Å²) in [4.78, 5) is 48.0. The number of rotatable bonds is 43. The first kappa shape index (κ1) is 59.5. The van der Waals surface area contributed by atoms with Crippen molar-refractivity contribution in [2.24, 2.45) is 17.8 Å². The molecule has 10 nitrogen and oxygen atoms in total. The molecule has 1 aliphatic rings. The van der Waals surface area contributed by atoms with Crippen LogP contribution in [0.4, 0.5) is 0 Å². The van der Waals surface area contributed by atoms with Gasteiger partial charge in [0.1, 0.15) is 0 Å². The van der Waals surface area contributed by atoms with Crippen LogP contribution in [0.3, 0.4) is 0 Å². The van der Waals surface area contributed by atoms with Gasteiger partial charge in [-0.25, -0.2) is 0 Å². The van der Waals surface area contributed by atoms with Gasteiger partial charge in [-0.3, -0.25) is 19.2 Å². The van der Waals surface area contributed by atoms with Crippen LogP contribution in [0.1, 0.15) is 195 Å². The highest BCUT2D eigenvalue weighted by molar-refractivity contribution is 8.00. The lowest BCUT2D eigenvalue weighted by Crippen LogP contribution is -2.21. The Morgan fingerprint density at radius 2 is 0.885 bits per heavy atom. The zero-order valence-electron chi connectivity index (χ0n) is 39.7. The van der Waals surface area contributed by atoms with E-state index in [4.69, 9.17) is 28.8 Å². The summed E-state index contributed by atoms with van der Waals surface area (Å²) in [5, 5.41) is 6.89. The smallest absolute Gasteiger partial charge is 0.315 e. The van der Waals surface area contributed by atoms with Crippen LogP contribution in [0.15, 0.2) is 0 Å². The molecule has 360 valence electrons. The number of hydrogen-bond acceptors (Lipinski definition) is 11. The first-order valence-corrected chi connectivity index (χ1v) is 27.1. The average molecular weight is 904 g/mol. The number of ether oxygens (including phenoxy) is 4. The molecule has 0 saturated carbocycles. The van der Waals surface area contributed by atoms with Gasteiger partial charge in [0.25, 0.3) is 6.47 Å². The summed E-state index contributed by atoms with van der Waals surface area (Å²) in [6.07, 6.45) is 31.2. The van der Waals surface area contributed by atoms with E-state index >= 15 is 0 Å². The summed E-state index contributed by atoms with van der Waals surface area (Å²) in [6, 6.07) is 0. The Morgan fingerprint density at radius 1 is 0.508 bits per heavy atom. The summed E-state index contributed by atoms with van der Waals surface area (Å²) in [5.41, 5.74) is 0. The SMILES string of the molecule is CCCCCC(CCCCC)CCOC(=O)CSCCOCCCC(CCCOC(=O)CSCC(=O)OCCC(CCCCC)CCCCC)CCCN1CCCC1.O=CO. The summed E-state index contributed by atoms with van der Waals surface area (Å²) in [6.45, 7) is 15.2. The van der Waals surface area contributed by atoms with E-state index < -0.39 is 0 Å². The van der Waals surface area contributed by atoms with Crippen LogP contribution in [-0.4, -0.2) is 110 Å². The zero-order chi connectivity index (χ0) is 44.9. The van der Waals surface area contributed by atoms with E-state index in [1.54, 1.807) is 11.8 Å². The van der Waals surface area contributed by atoms with Gasteiger partial charge in [0.05, 0.1) is 43.7 Å². The number of nitrogens with zero attached hydrogens (tertiary/aromatic N) is 1. The van der Waals surface area contributed by atoms with Gasteiger partial charge in [0.2, 0.25) is 0 Å². The minimum absolute atomic E-state index is 0.100. The number of carbonyl (C=O) groups excluding carboxylic acids is 3. The van der Waals surface area contributed by atoms with E-state index in [1.165, 1.54) is 160 Å². The third-order valence-corrected chi connectivity index (χ3v) is 13.5. The van der Waals surface area contributed by atoms with E-state index in [2.05, 4.69) is 32.6 Å². The normalized spacial score (nSPS) is 13.3. The molecule has 1 rings (SSSR count). The van der Waals surface area contributed by atoms with Gasteiger partial charge in [0.15, 0.2) is 0 Å². The molecular weight excluding hydrogens is 811 g/mol. The molecule has 12 heteroatoms. The van der Waals surface area contributed by atoms with Crippen LogP contribution in [0, 0.1) is 17.8 Å². The second-order valence-corrected chi connectivity index (χ2v) is 19.1. The number of carbonyl (C=O) groups is 4. The van der Waals surface area contributed by atoms with E-state index in [-0.39, 0.29) is 35.9 Å². The fourth-order valence-corrected chi connectivity index (χ4v) is 9.30. The molecule has 61 heavy (non-hydrogen) atoms. The van der Waals surface area contributed by atoms with E-state index in [9.17, 15) is 14.4 Å². The Bertz CT molecular complexity index is 981. The van der Waals surface area contributed by atoms with E-state index in [1.807, 2.05) is 0 Å². The highest BCUT2D eigenvalue weighted by atomic mass is 32.2. The lowest BCUT2D eigenvalue weighted by Gasteiger charge is -2.20. The molecule has 1 saturated heterocycles. The number of carboxylic acid groups (broad SMARTS) is 1. The Kier molecular flexibility index (Phi) is 45.3. The van der Waals surface area contributed by atoms with Crippen LogP contribution in [0.25, 0.3) is 0 Å². The van der Waals surface area contributed by atoms with E-state index in [0.29, 0.717) is 49.9 Å².